The number of nitrogens with zero attached hydrogens (tertiary/aromatic N) is 5. The maximum atomic E-state index is 10.7. The Balaban J connectivity index is 1.61. The maximum absolute atomic E-state index is 10.7. The quantitative estimate of drug-likeness (QED) is 0.496. The third-order valence-electron chi connectivity index (χ3n) is 8.35. The van der Waals surface area contributed by atoms with Crippen LogP contribution in [-0.2, 0) is 11.8 Å². The van der Waals surface area contributed by atoms with Crippen molar-refractivity contribution in [3.05, 3.63) is 70.7 Å². The highest BCUT2D eigenvalue weighted by Gasteiger charge is 2.50. The number of anilines is 1. The van der Waals surface area contributed by atoms with Gasteiger partial charge in [0, 0.05) is 47.1 Å². The van der Waals surface area contributed by atoms with Crippen LogP contribution in [0.1, 0.15) is 50.8 Å². The molecule has 6 rings (SSSR count). The van der Waals surface area contributed by atoms with E-state index >= 15 is 0 Å². The number of hydrogen-bond acceptors (Lipinski definition) is 5. The number of rotatable bonds is 2. The Morgan fingerprint density at radius 1 is 1.15 bits per heavy atom. The van der Waals surface area contributed by atoms with Crippen molar-refractivity contribution in [3.8, 4) is 11.4 Å². The minimum atomic E-state index is -0.311. The van der Waals surface area contributed by atoms with Crippen molar-refractivity contribution < 1.29 is 5.11 Å². The van der Waals surface area contributed by atoms with Crippen molar-refractivity contribution in [1.29, 1.82) is 0 Å². The summed E-state index contributed by atoms with van der Waals surface area (Å²) in [6, 6.07) is 10.2. The largest absolute Gasteiger partial charge is 0.523 e. The van der Waals surface area contributed by atoms with Gasteiger partial charge in [0.2, 0.25) is 5.70 Å². The zero-order chi connectivity index (χ0) is 23.4. The van der Waals surface area contributed by atoms with Crippen molar-refractivity contribution in [2.75, 3.05) is 18.0 Å². The molecule has 1 aliphatic heterocycles. The van der Waals surface area contributed by atoms with Crippen LogP contribution in [-0.4, -0.2) is 33.1 Å². The van der Waals surface area contributed by atoms with E-state index in [9.17, 15) is 5.11 Å². The molecule has 0 spiro atoms. The van der Waals surface area contributed by atoms with Crippen molar-refractivity contribution >= 4 is 16.7 Å². The van der Waals surface area contributed by atoms with E-state index in [4.69, 9.17) is 16.5 Å². The molecule has 172 valence electrons. The predicted octanol–water partition coefficient (Wildman–Crippen LogP) is 5.84. The highest BCUT2D eigenvalue weighted by molar-refractivity contribution is 5.92. The van der Waals surface area contributed by atoms with Crippen LogP contribution >= 0.6 is 0 Å². The Labute approximate surface area is 200 Å². The van der Waals surface area contributed by atoms with Crippen LogP contribution < -0.4 is 4.90 Å². The number of para-hydroxylation sites is 1. The zero-order valence-electron chi connectivity index (χ0n) is 19.8. The van der Waals surface area contributed by atoms with Gasteiger partial charge < -0.3 is 10.0 Å². The Hall–Kier alpha value is -3.46. The molecule has 0 bridgehead atoms. The van der Waals surface area contributed by atoms with E-state index in [0.29, 0.717) is 12.1 Å². The van der Waals surface area contributed by atoms with E-state index in [1.165, 1.54) is 18.4 Å². The summed E-state index contributed by atoms with van der Waals surface area (Å²) in [7, 11) is 0. The topological polar surface area (TPSA) is 66.5 Å². The van der Waals surface area contributed by atoms with E-state index in [1.807, 2.05) is 30.5 Å². The average Bonchev–Trinajstić information content (AvgIpc) is 3.40. The molecule has 1 aromatic carbocycles. The first kappa shape index (κ1) is 21.1. The van der Waals surface area contributed by atoms with Gasteiger partial charge in [-0.05, 0) is 50.2 Å². The number of benzene rings is 1. The fourth-order valence-electron chi connectivity index (χ4n) is 6.58. The summed E-state index contributed by atoms with van der Waals surface area (Å²) in [5, 5.41) is 11.8. The van der Waals surface area contributed by atoms with Crippen molar-refractivity contribution in [1.82, 2.24) is 15.0 Å². The molecular formula is C28H29N5O. The van der Waals surface area contributed by atoms with Crippen LogP contribution in [0.4, 0.5) is 5.82 Å². The highest BCUT2D eigenvalue weighted by Crippen LogP contribution is 2.54. The standard InChI is InChI=1S/C28H29N5O/c1-17-21-11-10-20-25(28(21,2)16-23(29-3)24(17)34)31-26(32-27(20)33-14-6-7-15-33)19-12-13-30-22-9-5-4-8-18(19)22/h4-5,8-9,12-13,17,21,34H,6-7,10-11,14-16H2,1-2H3/t17-,21-,28-/m1/s1. The van der Waals surface area contributed by atoms with E-state index in [-0.39, 0.29) is 23.0 Å². The molecule has 2 aliphatic carbocycles. The van der Waals surface area contributed by atoms with Gasteiger partial charge in [0.1, 0.15) is 5.82 Å². The third-order valence-corrected chi connectivity index (χ3v) is 8.35. The summed E-state index contributed by atoms with van der Waals surface area (Å²) in [4.78, 5) is 21.2. The normalized spacial score (nSPS) is 26.3. The lowest BCUT2D eigenvalue weighted by Crippen LogP contribution is -2.45. The molecule has 0 unspecified atom stereocenters. The number of aliphatic hydroxyl groups is 1. The van der Waals surface area contributed by atoms with Crippen LogP contribution in [0.25, 0.3) is 27.1 Å². The first-order chi connectivity index (χ1) is 16.5. The molecular weight excluding hydrogens is 422 g/mol. The molecule has 6 nitrogen and oxygen atoms in total. The molecule has 6 heteroatoms. The number of hydrogen-bond donors (Lipinski definition) is 1. The zero-order valence-corrected chi connectivity index (χ0v) is 19.8. The first-order valence-electron chi connectivity index (χ1n) is 12.3. The highest BCUT2D eigenvalue weighted by atomic mass is 16.3. The first-order valence-corrected chi connectivity index (χ1v) is 12.3. The number of fused-ring (bicyclic) bond motifs is 4. The Kier molecular flexibility index (Phi) is 4.84. The Morgan fingerprint density at radius 3 is 2.74 bits per heavy atom. The summed E-state index contributed by atoms with van der Waals surface area (Å²) in [6.07, 6.45) is 6.60. The second-order valence-corrected chi connectivity index (χ2v) is 10.2. The predicted molar refractivity (Wildman–Crippen MR) is 133 cm³/mol. The molecule has 3 aromatic rings. The molecule has 3 heterocycles. The Bertz CT molecular complexity index is 1360. The molecule has 2 aromatic heterocycles. The minimum Gasteiger partial charge on any atom is -0.523 e. The molecule has 1 fully saturated rings. The van der Waals surface area contributed by atoms with Crippen LogP contribution in [0.15, 0.2) is 48.0 Å². The fourth-order valence-corrected chi connectivity index (χ4v) is 6.58. The molecule has 0 amide bonds. The van der Waals surface area contributed by atoms with Gasteiger partial charge in [0.05, 0.1) is 23.5 Å². The maximum Gasteiger partial charge on any atom is 0.203 e. The summed E-state index contributed by atoms with van der Waals surface area (Å²) < 4.78 is 0. The van der Waals surface area contributed by atoms with E-state index in [0.717, 1.165) is 59.7 Å². The van der Waals surface area contributed by atoms with Crippen LogP contribution in [0.3, 0.4) is 0 Å². The lowest BCUT2D eigenvalue weighted by molar-refractivity contribution is 0.135. The van der Waals surface area contributed by atoms with E-state index in [2.05, 4.69) is 34.6 Å². The van der Waals surface area contributed by atoms with Crippen LogP contribution in [0, 0.1) is 18.4 Å². The minimum absolute atomic E-state index is 0.0496. The molecule has 1 N–H and O–H groups in total. The van der Waals surface area contributed by atoms with Gasteiger partial charge in [0.25, 0.3) is 0 Å². The van der Waals surface area contributed by atoms with Gasteiger partial charge in [-0.1, -0.05) is 32.0 Å². The average molecular weight is 452 g/mol. The molecule has 34 heavy (non-hydrogen) atoms. The number of pyridine rings is 1. The van der Waals surface area contributed by atoms with Gasteiger partial charge in [-0.15, -0.1) is 0 Å². The fraction of sp³-hybridized carbons (Fsp3) is 0.429. The number of aliphatic hydroxyl groups excluding tert-OH is 1. The van der Waals surface area contributed by atoms with Gasteiger partial charge >= 0.3 is 0 Å². The molecule has 0 radical (unpaired) electrons. The van der Waals surface area contributed by atoms with Crippen LogP contribution in [0.5, 0.6) is 0 Å². The van der Waals surface area contributed by atoms with Crippen LogP contribution in [0.2, 0.25) is 0 Å². The van der Waals surface area contributed by atoms with Gasteiger partial charge in [-0.2, -0.15) is 0 Å². The Morgan fingerprint density at radius 2 is 1.94 bits per heavy atom. The molecule has 3 atom stereocenters. The molecule has 3 aliphatic rings. The summed E-state index contributed by atoms with van der Waals surface area (Å²) >= 11 is 0. The van der Waals surface area contributed by atoms with Crippen molar-refractivity contribution in [3.63, 3.8) is 0 Å². The van der Waals surface area contributed by atoms with E-state index < -0.39 is 0 Å². The van der Waals surface area contributed by atoms with Crippen molar-refractivity contribution in [2.24, 2.45) is 11.8 Å². The monoisotopic (exact) mass is 451 g/mol. The van der Waals surface area contributed by atoms with Gasteiger partial charge in [0.15, 0.2) is 5.82 Å². The lowest BCUT2D eigenvalue weighted by Gasteiger charge is -2.48. The summed E-state index contributed by atoms with van der Waals surface area (Å²) in [5.41, 5.74) is 4.40. The number of aromatic nitrogens is 3. The van der Waals surface area contributed by atoms with Gasteiger partial charge in [-0.3, -0.25) is 4.98 Å². The summed E-state index contributed by atoms with van der Waals surface area (Å²) in [5.74, 6) is 2.26. The molecule has 1 saturated heterocycles. The van der Waals surface area contributed by atoms with Gasteiger partial charge in [-0.25, -0.2) is 14.8 Å². The smallest absolute Gasteiger partial charge is 0.203 e. The molecule has 0 saturated carbocycles. The SMILES string of the molecule is [C-]#[N+]C1=C(O)[C@H](C)[C@H]2CCc3c(N4CCCC4)nc(-c4ccnc5ccccc45)nc3[C@]2(C)C1. The van der Waals surface area contributed by atoms with Crippen molar-refractivity contribution in [2.45, 2.75) is 51.4 Å². The van der Waals surface area contributed by atoms with E-state index in [1.54, 1.807) is 0 Å². The second kappa shape index (κ2) is 7.80. The number of allylic oxidation sites excluding steroid dienone is 2. The lowest BCUT2D eigenvalue weighted by atomic mass is 9.57. The third kappa shape index (κ3) is 3.03. The second-order valence-electron chi connectivity index (χ2n) is 10.2. The summed E-state index contributed by atoms with van der Waals surface area (Å²) in [6.45, 7) is 14.0.